The second-order valence-electron chi connectivity index (χ2n) is 7.52. The van der Waals surface area contributed by atoms with Gasteiger partial charge in [0.05, 0.1) is 26.0 Å². The van der Waals surface area contributed by atoms with Crippen LogP contribution in [0.15, 0.2) is 36.5 Å². The molecular weight excluding hydrogens is 363 g/mol. The molecule has 1 aliphatic carbocycles. The minimum Gasteiger partial charge on any atom is -0.506 e. The Hall–Kier alpha value is -2.67. The SMILES string of the molecule is COc1cccc(F)c1O[C@@H]1C[C@@H]2CN(CC(=O)c3ccc(O)cn3)C[C@@H]2C1. The first kappa shape index (κ1) is 18.7. The Bertz CT molecular complexity index is 844. The van der Waals surface area contributed by atoms with E-state index in [1.54, 1.807) is 18.2 Å². The van der Waals surface area contributed by atoms with E-state index in [4.69, 9.17) is 9.47 Å². The number of nitrogens with zero attached hydrogens (tertiary/aromatic N) is 2. The van der Waals surface area contributed by atoms with Gasteiger partial charge in [-0.1, -0.05) is 6.07 Å². The maximum Gasteiger partial charge on any atom is 0.197 e. The summed E-state index contributed by atoms with van der Waals surface area (Å²) in [5.41, 5.74) is 0.364. The van der Waals surface area contributed by atoms with Gasteiger partial charge in [0.2, 0.25) is 0 Å². The molecule has 7 heteroatoms. The van der Waals surface area contributed by atoms with Crippen LogP contribution in [0.3, 0.4) is 0 Å². The Morgan fingerprint density at radius 2 is 2.00 bits per heavy atom. The number of Topliss-reactive ketones (excluding diaryl/α,β-unsaturated/α-hetero) is 1. The van der Waals surface area contributed by atoms with Gasteiger partial charge in [-0.3, -0.25) is 9.69 Å². The van der Waals surface area contributed by atoms with Crippen molar-refractivity contribution in [3.8, 4) is 17.2 Å². The lowest BCUT2D eigenvalue weighted by atomic mass is 10.0. The maximum absolute atomic E-state index is 14.1. The van der Waals surface area contributed by atoms with Gasteiger partial charge in [0.15, 0.2) is 23.1 Å². The van der Waals surface area contributed by atoms with Crippen LogP contribution in [-0.4, -0.2) is 53.6 Å². The van der Waals surface area contributed by atoms with Crippen molar-refractivity contribution in [3.63, 3.8) is 0 Å². The first-order valence-electron chi connectivity index (χ1n) is 9.43. The summed E-state index contributed by atoms with van der Waals surface area (Å²) in [6.45, 7) is 1.96. The van der Waals surface area contributed by atoms with Gasteiger partial charge in [-0.05, 0) is 48.9 Å². The number of benzene rings is 1. The average Bonchev–Trinajstić information content (AvgIpc) is 3.21. The number of halogens is 1. The van der Waals surface area contributed by atoms with Crippen molar-refractivity contribution in [1.29, 1.82) is 0 Å². The Morgan fingerprint density at radius 3 is 2.64 bits per heavy atom. The van der Waals surface area contributed by atoms with E-state index >= 15 is 0 Å². The predicted molar refractivity (Wildman–Crippen MR) is 100 cm³/mol. The number of carbonyl (C=O) groups is 1. The highest BCUT2D eigenvalue weighted by Crippen LogP contribution is 2.41. The molecule has 1 aliphatic heterocycles. The van der Waals surface area contributed by atoms with Crippen molar-refractivity contribution in [2.75, 3.05) is 26.7 Å². The largest absolute Gasteiger partial charge is 0.506 e. The summed E-state index contributed by atoms with van der Waals surface area (Å²) in [6.07, 6.45) is 2.91. The van der Waals surface area contributed by atoms with Crippen LogP contribution in [0.5, 0.6) is 17.2 Å². The monoisotopic (exact) mass is 386 g/mol. The number of ether oxygens (including phenoxy) is 2. The van der Waals surface area contributed by atoms with E-state index in [2.05, 4.69) is 9.88 Å². The van der Waals surface area contributed by atoms with Gasteiger partial charge in [-0.25, -0.2) is 9.37 Å². The number of carbonyl (C=O) groups excluding carboxylic acids is 1. The molecule has 0 unspecified atom stereocenters. The number of aromatic hydroxyl groups is 1. The third-order valence-electron chi connectivity index (χ3n) is 5.62. The minimum atomic E-state index is -0.412. The van der Waals surface area contributed by atoms with Gasteiger partial charge in [-0.2, -0.15) is 0 Å². The Kier molecular flexibility index (Phi) is 5.17. The number of hydrogen-bond acceptors (Lipinski definition) is 6. The fourth-order valence-electron chi connectivity index (χ4n) is 4.33. The first-order valence-corrected chi connectivity index (χ1v) is 9.43. The fourth-order valence-corrected chi connectivity index (χ4v) is 4.33. The van der Waals surface area contributed by atoms with Gasteiger partial charge in [-0.15, -0.1) is 0 Å². The molecule has 0 bridgehead atoms. The van der Waals surface area contributed by atoms with Crippen molar-refractivity contribution in [1.82, 2.24) is 9.88 Å². The summed E-state index contributed by atoms with van der Waals surface area (Å²) in [7, 11) is 1.50. The lowest BCUT2D eigenvalue weighted by Gasteiger charge is -2.20. The van der Waals surface area contributed by atoms with E-state index < -0.39 is 5.82 Å². The number of fused-ring (bicyclic) bond motifs is 1. The molecule has 2 aromatic rings. The molecule has 1 N–H and O–H groups in total. The van der Waals surface area contributed by atoms with Crippen LogP contribution in [0, 0.1) is 17.7 Å². The summed E-state index contributed by atoms with van der Waals surface area (Å²) in [5.74, 6) is 1.04. The molecule has 4 rings (SSSR count). The van der Waals surface area contributed by atoms with Crippen LogP contribution in [0.2, 0.25) is 0 Å². The smallest absolute Gasteiger partial charge is 0.197 e. The number of hydrogen-bond donors (Lipinski definition) is 1. The van der Waals surface area contributed by atoms with Gasteiger partial charge in [0.25, 0.3) is 0 Å². The van der Waals surface area contributed by atoms with E-state index in [-0.39, 0.29) is 23.4 Å². The molecule has 6 nitrogen and oxygen atoms in total. The lowest BCUT2D eigenvalue weighted by Crippen LogP contribution is -2.30. The highest BCUT2D eigenvalue weighted by atomic mass is 19.1. The standard InChI is InChI=1S/C21H23FN2O4/c1-27-20-4-2-3-17(22)21(20)28-16-7-13-10-24(11-14(13)8-16)12-19(26)18-6-5-15(25)9-23-18/h2-6,9,13-14,16,25H,7-8,10-12H2,1H3/t13-,14+,16-. The van der Waals surface area contributed by atoms with Crippen LogP contribution in [0.4, 0.5) is 4.39 Å². The molecule has 1 aromatic carbocycles. The van der Waals surface area contributed by atoms with E-state index in [0.717, 1.165) is 25.9 Å². The van der Waals surface area contributed by atoms with Crippen LogP contribution < -0.4 is 9.47 Å². The van der Waals surface area contributed by atoms with E-state index in [1.165, 1.54) is 25.4 Å². The minimum absolute atomic E-state index is 0.0441. The Morgan fingerprint density at radius 1 is 1.25 bits per heavy atom. The molecule has 0 radical (unpaired) electrons. The average molecular weight is 386 g/mol. The maximum atomic E-state index is 14.1. The highest BCUT2D eigenvalue weighted by Gasteiger charge is 2.42. The second kappa shape index (κ2) is 7.75. The molecule has 3 atom stereocenters. The molecule has 2 aliphatic rings. The van der Waals surface area contributed by atoms with Gasteiger partial charge in [0.1, 0.15) is 11.4 Å². The lowest BCUT2D eigenvalue weighted by molar-refractivity contribution is 0.0931. The molecule has 2 fully saturated rings. The topological polar surface area (TPSA) is 71.9 Å². The summed E-state index contributed by atoms with van der Waals surface area (Å²) in [5, 5.41) is 9.28. The molecule has 0 amide bonds. The van der Waals surface area contributed by atoms with Gasteiger partial charge < -0.3 is 14.6 Å². The predicted octanol–water partition coefficient (Wildman–Crippen LogP) is 2.91. The summed E-state index contributed by atoms with van der Waals surface area (Å²) >= 11 is 0. The number of likely N-dealkylation sites (tertiary alicyclic amines) is 1. The normalized spacial score (nSPS) is 24.1. The van der Waals surface area contributed by atoms with E-state index in [9.17, 15) is 14.3 Å². The summed E-state index contributed by atoms with van der Waals surface area (Å²) in [6, 6.07) is 7.68. The first-order chi connectivity index (χ1) is 13.5. The molecule has 0 spiro atoms. The number of para-hydroxylation sites is 1. The Labute approximate surface area is 162 Å². The zero-order chi connectivity index (χ0) is 19.7. The third kappa shape index (κ3) is 3.80. The number of methoxy groups -OCH3 is 1. The molecule has 148 valence electrons. The van der Waals surface area contributed by atoms with Crippen LogP contribution in [0.1, 0.15) is 23.3 Å². The number of rotatable bonds is 6. The van der Waals surface area contributed by atoms with E-state index in [1.807, 2.05) is 0 Å². The number of ketones is 1. The molecule has 2 heterocycles. The summed E-state index contributed by atoms with van der Waals surface area (Å²) < 4.78 is 25.3. The Balaban J connectivity index is 1.32. The van der Waals surface area contributed by atoms with Crippen molar-refractivity contribution >= 4 is 5.78 Å². The molecule has 28 heavy (non-hydrogen) atoms. The van der Waals surface area contributed by atoms with Crippen LogP contribution >= 0.6 is 0 Å². The van der Waals surface area contributed by atoms with Gasteiger partial charge >= 0.3 is 0 Å². The van der Waals surface area contributed by atoms with Gasteiger partial charge in [0, 0.05) is 13.1 Å². The van der Waals surface area contributed by atoms with Crippen LogP contribution in [0.25, 0.3) is 0 Å². The second-order valence-corrected chi connectivity index (χ2v) is 7.52. The molecule has 1 aromatic heterocycles. The zero-order valence-corrected chi connectivity index (χ0v) is 15.7. The zero-order valence-electron chi connectivity index (χ0n) is 15.7. The van der Waals surface area contributed by atoms with Crippen molar-refractivity contribution in [2.45, 2.75) is 18.9 Å². The van der Waals surface area contributed by atoms with Crippen molar-refractivity contribution < 1.29 is 23.8 Å². The fraction of sp³-hybridized carbons (Fsp3) is 0.429. The quantitative estimate of drug-likeness (QED) is 0.770. The summed E-state index contributed by atoms with van der Waals surface area (Å²) in [4.78, 5) is 18.5. The van der Waals surface area contributed by atoms with E-state index in [0.29, 0.717) is 29.8 Å². The molecule has 1 saturated carbocycles. The van der Waals surface area contributed by atoms with Crippen LogP contribution in [-0.2, 0) is 0 Å². The highest BCUT2D eigenvalue weighted by molar-refractivity contribution is 5.95. The molecule has 1 saturated heterocycles. The number of aromatic nitrogens is 1. The van der Waals surface area contributed by atoms with Crippen molar-refractivity contribution in [2.24, 2.45) is 11.8 Å². The molecular formula is C21H23FN2O4. The van der Waals surface area contributed by atoms with Crippen molar-refractivity contribution in [3.05, 3.63) is 48.0 Å². The number of pyridine rings is 1. The third-order valence-corrected chi connectivity index (χ3v) is 5.62.